The van der Waals surface area contributed by atoms with E-state index in [0.29, 0.717) is 22.4 Å². The predicted octanol–water partition coefficient (Wildman–Crippen LogP) is 7.23. The Morgan fingerprint density at radius 1 is 0.941 bits per heavy atom. The van der Waals surface area contributed by atoms with Crippen LogP contribution < -0.4 is 9.47 Å². The topological polar surface area (TPSA) is 55.8 Å². The molecule has 0 aliphatic heterocycles. The normalized spacial score (nSPS) is 12.1. The molecule has 3 aromatic rings. The quantitative estimate of drug-likeness (QED) is 0.370. The fourth-order valence-corrected chi connectivity index (χ4v) is 3.29. The Hall–Kier alpha value is -3.74. The average Bonchev–Trinajstić information content (AvgIpc) is 2.75. The third kappa shape index (κ3) is 7.13. The molecule has 0 saturated heterocycles. The third-order valence-electron chi connectivity index (χ3n) is 5.03. The summed E-state index contributed by atoms with van der Waals surface area (Å²) in [4.78, 5) is 11.1. The van der Waals surface area contributed by atoms with Crippen LogP contribution in [0.15, 0.2) is 72.8 Å². The molecular formula is C27H25F3O4. The molecule has 0 radical (unpaired) electrons. The molecule has 3 rings (SSSR count). The van der Waals surface area contributed by atoms with E-state index in [9.17, 15) is 18.0 Å². The molecule has 0 saturated carbocycles. The Morgan fingerprint density at radius 3 is 2.24 bits per heavy atom. The van der Waals surface area contributed by atoms with Gasteiger partial charge in [-0.3, -0.25) is 0 Å². The highest BCUT2D eigenvalue weighted by atomic mass is 19.4. The highest BCUT2D eigenvalue weighted by Gasteiger charge is 2.31. The maximum Gasteiger partial charge on any atom is 0.573 e. The Kier molecular flexibility index (Phi) is 7.35. The Morgan fingerprint density at radius 2 is 1.62 bits per heavy atom. The molecule has 0 aliphatic carbocycles. The first-order chi connectivity index (χ1) is 15.9. The largest absolute Gasteiger partial charge is 0.573 e. The minimum Gasteiger partial charge on any atom is -0.488 e. The zero-order chi connectivity index (χ0) is 24.9. The van der Waals surface area contributed by atoms with Gasteiger partial charge in [0.2, 0.25) is 0 Å². The van der Waals surface area contributed by atoms with Crippen molar-refractivity contribution >= 4 is 12.0 Å². The summed E-state index contributed by atoms with van der Waals surface area (Å²) >= 11 is 0. The molecule has 0 aliphatic rings. The number of ether oxygens (including phenoxy) is 2. The number of rotatable bonds is 7. The van der Waals surface area contributed by atoms with E-state index >= 15 is 0 Å². The van der Waals surface area contributed by atoms with E-state index < -0.39 is 12.3 Å². The molecule has 0 amide bonds. The van der Waals surface area contributed by atoms with Gasteiger partial charge in [0.05, 0.1) is 0 Å². The van der Waals surface area contributed by atoms with Crippen LogP contribution in [0.5, 0.6) is 11.5 Å². The summed E-state index contributed by atoms with van der Waals surface area (Å²) in [5, 5.41) is 9.05. The van der Waals surface area contributed by atoms with Gasteiger partial charge in [-0.05, 0) is 58.0 Å². The summed E-state index contributed by atoms with van der Waals surface area (Å²) in [5.41, 5.74) is 3.72. The second-order valence-corrected chi connectivity index (χ2v) is 8.74. The van der Waals surface area contributed by atoms with E-state index in [2.05, 4.69) is 25.5 Å². The number of hydrogen-bond acceptors (Lipinski definition) is 3. The zero-order valence-corrected chi connectivity index (χ0v) is 19.0. The molecule has 0 bridgehead atoms. The number of carboxylic acids is 1. The van der Waals surface area contributed by atoms with E-state index in [0.717, 1.165) is 11.6 Å². The summed E-state index contributed by atoms with van der Waals surface area (Å²) in [7, 11) is 0. The van der Waals surface area contributed by atoms with Gasteiger partial charge in [0, 0.05) is 11.6 Å². The lowest BCUT2D eigenvalue weighted by Crippen LogP contribution is -2.17. The summed E-state index contributed by atoms with van der Waals surface area (Å²) in [5.74, 6) is -1.02. The number of benzene rings is 3. The van der Waals surface area contributed by atoms with Crippen molar-refractivity contribution in [3.8, 4) is 22.6 Å². The van der Waals surface area contributed by atoms with Crippen LogP contribution >= 0.6 is 0 Å². The van der Waals surface area contributed by atoms with Crippen molar-refractivity contribution in [2.45, 2.75) is 39.2 Å². The van der Waals surface area contributed by atoms with Gasteiger partial charge in [0.25, 0.3) is 0 Å². The van der Waals surface area contributed by atoms with E-state index in [1.165, 1.54) is 29.8 Å². The molecule has 0 aromatic heterocycles. The molecule has 0 unspecified atom stereocenters. The molecule has 178 valence electrons. The predicted molar refractivity (Wildman–Crippen MR) is 125 cm³/mol. The van der Waals surface area contributed by atoms with Crippen molar-refractivity contribution in [3.63, 3.8) is 0 Å². The first kappa shape index (κ1) is 24.9. The van der Waals surface area contributed by atoms with Crippen LogP contribution in [-0.4, -0.2) is 17.4 Å². The number of halogens is 3. The third-order valence-corrected chi connectivity index (χ3v) is 5.03. The van der Waals surface area contributed by atoms with Crippen LogP contribution in [0.4, 0.5) is 13.2 Å². The minimum atomic E-state index is -4.79. The van der Waals surface area contributed by atoms with Crippen molar-refractivity contribution in [1.29, 1.82) is 0 Å². The standard InChI is InChI=1S/C27H25F3O4/c1-26(2,3)22-11-7-18(8-12-22)17-33-24-13-9-20(15-21(24)10-14-25(31)32)19-5-4-6-23(16-19)34-27(28,29)30/h4-16H,17H2,1-3H3,(H,31,32). The summed E-state index contributed by atoms with van der Waals surface area (Å²) in [6.45, 7) is 6.66. The molecule has 1 N–H and O–H groups in total. The lowest BCUT2D eigenvalue weighted by Gasteiger charge is -2.19. The Bertz CT molecular complexity index is 1170. The zero-order valence-electron chi connectivity index (χ0n) is 19.0. The number of aliphatic carboxylic acids is 1. The van der Waals surface area contributed by atoms with Gasteiger partial charge in [0.15, 0.2) is 0 Å². The van der Waals surface area contributed by atoms with Crippen LogP contribution in [0.3, 0.4) is 0 Å². The summed E-state index contributed by atoms with van der Waals surface area (Å²) < 4.78 is 47.7. The maximum atomic E-state index is 12.6. The highest BCUT2D eigenvalue weighted by molar-refractivity contribution is 5.86. The van der Waals surface area contributed by atoms with Gasteiger partial charge in [-0.1, -0.05) is 63.2 Å². The van der Waals surface area contributed by atoms with Crippen molar-refractivity contribution in [2.75, 3.05) is 0 Å². The first-order valence-corrected chi connectivity index (χ1v) is 10.5. The van der Waals surface area contributed by atoms with E-state index in [-0.39, 0.29) is 17.8 Å². The second-order valence-electron chi connectivity index (χ2n) is 8.74. The SMILES string of the molecule is CC(C)(C)c1ccc(COc2ccc(-c3cccc(OC(F)(F)F)c3)cc2C=CC(=O)O)cc1. The average molecular weight is 470 g/mol. The summed E-state index contributed by atoms with van der Waals surface area (Å²) in [6, 6.07) is 18.6. The first-order valence-electron chi connectivity index (χ1n) is 10.5. The van der Waals surface area contributed by atoms with Gasteiger partial charge in [-0.15, -0.1) is 13.2 Å². The van der Waals surface area contributed by atoms with Gasteiger partial charge < -0.3 is 14.6 Å². The van der Waals surface area contributed by atoms with Crippen molar-refractivity contribution in [2.24, 2.45) is 0 Å². The van der Waals surface area contributed by atoms with Crippen molar-refractivity contribution < 1.29 is 32.5 Å². The molecule has 3 aromatic carbocycles. The number of carbonyl (C=O) groups is 1. The fraction of sp³-hybridized carbons (Fsp3) is 0.222. The molecule has 4 nitrogen and oxygen atoms in total. The minimum absolute atomic E-state index is 0.0342. The molecule has 34 heavy (non-hydrogen) atoms. The van der Waals surface area contributed by atoms with E-state index in [1.807, 2.05) is 24.3 Å². The van der Waals surface area contributed by atoms with Crippen LogP contribution in [0.1, 0.15) is 37.5 Å². The van der Waals surface area contributed by atoms with Gasteiger partial charge in [-0.2, -0.15) is 0 Å². The molecular weight excluding hydrogens is 445 g/mol. The lowest BCUT2D eigenvalue weighted by molar-refractivity contribution is -0.274. The molecule has 0 atom stereocenters. The second kappa shape index (κ2) is 10.0. The Labute approximate surface area is 196 Å². The van der Waals surface area contributed by atoms with E-state index in [1.54, 1.807) is 24.3 Å². The lowest BCUT2D eigenvalue weighted by atomic mass is 9.87. The molecule has 7 heteroatoms. The van der Waals surface area contributed by atoms with Gasteiger partial charge in [0.1, 0.15) is 18.1 Å². The molecule has 0 heterocycles. The fourth-order valence-electron chi connectivity index (χ4n) is 3.29. The van der Waals surface area contributed by atoms with Crippen LogP contribution in [0, 0.1) is 0 Å². The van der Waals surface area contributed by atoms with Crippen molar-refractivity contribution in [1.82, 2.24) is 0 Å². The van der Waals surface area contributed by atoms with Crippen LogP contribution in [0.25, 0.3) is 17.2 Å². The summed E-state index contributed by atoms with van der Waals surface area (Å²) in [6.07, 6.45) is -2.43. The van der Waals surface area contributed by atoms with Gasteiger partial charge in [-0.25, -0.2) is 4.79 Å². The monoisotopic (exact) mass is 470 g/mol. The maximum absolute atomic E-state index is 12.6. The number of alkyl halides is 3. The van der Waals surface area contributed by atoms with E-state index in [4.69, 9.17) is 9.84 Å². The highest BCUT2D eigenvalue weighted by Crippen LogP contribution is 2.32. The van der Waals surface area contributed by atoms with Crippen LogP contribution in [-0.2, 0) is 16.8 Å². The number of hydrogen-bond donors (Lipinski definition) is 1. The molecule has 0 spiro atoms. The number of carboxylic acid groups (broad SMARTS) is 1. The smallest absolute Gasteiger partial charge is 0.488 e. The molecule has 0 fully saturated rings. The van der Waals surface area contributed by atoms with Crippen molar-refractivity contribution in [3.05, 3.63) is 89.5 Å². The van der Waals surface area contributed by atoms with Crippen LogP contribution in [0.2, 0.25) is 0 Å². The Balaban J connectivity index is 1.86. The van der Waals surface area contributed by atoms with Gasteiger partial charge >= 0.3 is 12.3 Å².